The van der Waals surface area contributed by atoms with Gasteiger partial charge in [-0.15, -0.1) is 0 Å². The van der Waals surface area contributed by atoms with Gasteiger partial charge in [0.1, 0.15) is 0 Å². The molecular formula is C11H22N2O. The summed E-state index contributed by atoms with van der Waals surface area (Å²) in [4.78, 5) is 13.6. The fourth-order valence-corrected chi connectivity index (χ4v) is 1.77. The van der Waals surface area contributed by atoms with Crippen molar-refractivity contribution in [3.8, 4) is 0 Å². The lowest BCUT2D eigenvalue weighted by Gasteiger charge is -2.16. The van der Waals surface area contributed by atoms with E-state index in [1.54, 1.807) is 0 Å². The van der Waals surface area contributed by atoms with E-state index in [0.717, 1.165) is 19.5 Å². The minimum atomic E-state index is 0.179. The summed E-state index contributed by atoms with van der Waals surface area (Å²) in [5.74, 6) is 1.34. The summed E-state index contributed by atoms with van der Waals surface area (Å²) < 4.78 is 0. The minimum Gasteiger partial charge on any atom is -0.341 e. The average Bonchev–Trinajstić information content (AvgIpc) is 2.43. The number of carbonyl (C=O) groups excluding carboxylic acids is 1. The number of likely N-dealkylation sites (tertiary alicyclic amines) is 1. The number of carbonyl (C=O) groups is 1. The molecule has 14 heavy (non-hydrogen) atoms. The van der Waals surface area contributed by atoms with Crippen molar-refractivity contribution in [1.29, 1.82) is 0 Å². The third-order valence-corrected chi connectivity index (χ3v) is 2.96. The zero-order valence-electron chi connectivity index (χ0n) is 9.49. The first-order chi connectivity index (χ1) is 6.50. The van der Waals surface area contributed by atoms with Gasteiger partial charge in [0.25, 0.3) is 0 Å². The molecule has 2 N–H and O–H groups in total. The highest BCUT2D eigenvalue weighted by Crippen LogP contribution is 2.16. The van der Waals surface area contributed by atoms with E-state index in [1.165, 1.54) is 0 Å². The largest absolute Gasteiger partial charge is 0.341 e. The minimum absolute atomic E-state index is 0.179. The van der Waals surface area contributed by atoms with Gasteiger partial charge in [0, 0.05) is 25.6 Å². The molecule has 0 aromatic heterocycles. The molecule has 0 aliphatic carbocycles. The van der Waals surface area contributed by atoms with Gasteiger partial charge in [-0.3, -0.25) is 4.79 Å². The molecule has 0 radical (unpaired) electrons. The average molecular weight is 198 g/mol. The molecule has 1 rings (SSSR count). The maximum atomic E-state index is 11.7. The molecule has 1 fully saturated rings. The van der Waals surface area contributed by atoms with Crippen LogP contribution in [0.25, 0.3) is 0 Å². The SMILES string of the molecule is CC(C)CCC(=O)N1CC(C)C(N)C1. The zero-order valence-corrected chi connectivity index (χ0v) is 9.49. The van der Waals surface area contributed by atoms with Crippen LogP contribution in [0.4, 0.5) is 0 Å². The number of nitrogens with zero attached hydrogens (tertiary/aromatic N) is 1. The van der Waals surface area contributed by atoms with Crippen LogP contribution in [0.1, 0.15) is 33.6 Å². The van der Waals surface area contributed by atoms with Crippen molar-refractivity contribution in [2.75, 3.05) is 13.1 Å². The molecule has 0 saturated carbocycles. The summed E-state index contributed by atoms with van der Waals surface area (Å²) in [6, 6.07) is 0.179. The fourth-order valence-electron chi connectivity index (χ4n) is 1.77. The third-order valence-electron chi connectivity index (χ3n) is 2.96. The highest BCUT2D eigenvalue weighted by atomic mass is 16.2. The topological polar surface area (TPSA) is 46.3 Å². The van der Waals surface area contributed by atoms with Gasteiger partial charge < -0.3 is 10.6 Å². The van der Waals surface area contributed by atoms with E-state index in [9.17, 15) is 4.79 Å². The van der Waals surface area contributed by atoms with Crippen LogP contribution in [0, 0.1) is 11.8 Å². The van der Waals surface area contributed by atoms with Gasteiger partial charge in [-0.2, -0.15) is 0 Å². The van der Waals surface area contributed by atoms with Crippen LogP contribution in [0.15, 0.2) is 0 Å². The van der Waals surface area contributed by atoms with E-state index in [2.05, 4.69) is 20.8 Å². The first-order valence-corrected chi connectivity index (χ1v) is 5.54. The lowest BCUT2D eigenvalue weighted by molar-refractivity contribution is -0.130. The second-order valence-electron chi connectivity index (χ2n) is 4.87. The summed E-state index contributed by atoms with van der Waals surface area (Å²) in [5.41, 5.74) is 5.87. The molecule has 1 amide bonds. The highest BCUT2D eigenvalue weighted by molar-refractivity contribution is 5.76. The maximum absolute atomic E-state index is 11.7. The Kier molecular flexibility index (Phi) is 3.93. The summed E-state index contributed by atoms with van der Waals surface area (Å²) in [7, 11) is 0. The van der Waals surface area contributed by atoms with Crippen LogP contribution in [0.3, 0.4) is 0 Å². The Bertz CT molecular complexity index is 193. The molecular weight excluding hydrogens is 176 g/mol. The second-order valence-corrected chi connectivity index (χ2v) is 4.87. The monoisotopic (exact) mass is 198 g/mol. The molecule has 2 unspecified atom stereocenters. The molecule has 0 aromatic rings. The zero-order chi connectivity index (χ0) is 10.7. The molecule has 2 atom stereocenters. The predicted octanol–water partition coefficient (Wildman–Crippen LogP) is 1.23. The Morgan fingerprint density at radius 2 is 2.14 bits per heavy atom. The third kappa shape index (κ3) is 2.98. The smallest absolute Gasteiger partial charge is 0.222 e. The molecule has 1 aliphatic rings. The Morgan fingerprint density at radius 1 is 1.50 bits per heavy atom. The van der Waals surface area contributed by atoms with Crippen LogP contribution >= 0.6 is 0 Å². The highest BCUT2D eigenvalue weighted by Gasteiger charge is 2.29. The van der Waals surface area contributed by atoms with Crippen molar-refractivity contribution in [3.05, 3.63) is 0 Å². The normalized spacial score (nSPS) is 27.4. The second kappa shape index (κ2) is 4.78. The van der Waals surface area contributed by atoms with Crippen LogP contribution < -0.4 is 5.73 Å². The Hall–Kier alpha value is -0.570. The first kappa shape index (κ1) is 11.5. The first-order valence-electron chi connectivity index (χ1n) is 5.54. The summed E-state index contributed by atoms with van der Waals surface area (Å²) in [6.45, 7) is 7.99. The van der Waals surface area contributed by atoms with Gasteiger partial charge in [0.05, 0.1) is 0 Å². The van der Waals surface area contributed by atoms with E-state index in [4.69, 9.17) is 5.73 Å². The van der Waals surface area contributed by atoms with Crippen molar-refractivity contribution in [2.24, 2.45) is 17.6 Å². The summed E-state index contributed by atoms with van der Waals surface area (Å²) in [5, 5.41) is 0. The van der Waals surface area contributed by atoms with Crippen LogP contribution in [0.5, 0.6) is 0 Å². The Labute approximate surface area is 86.6 Å². The van der Waals surface area contributed by atoms with Gasteiger partial charge in [0.15, 0.2) is 0 Å². The van der Waals surface area contributed by atoms with Crippen LogP contribution in [-0.4, -0.2) is 29.9 Å². The van der Waals surface area contributed by atoms with Crippen molar-refractivity contribution >= 4 is 5.91 Å². The number of hydrogen-bond donors (Lipinski definition) is 1. The molecule has 1 aliphatic heterocycles. The summed E-state index contributed by atoms with van der Waals surface area (Å²) >= 11 is 0. The molecule has 0 bridgehead atoms. The number of amides is 1. The molecule has 82 valence electrons. The van der Waals surface area contributed by atoms with Crippen LogP contribution in [-0.2, 0) is 4.79 Å². The van der Waals surface area contributed by atoms with E-state index in [0.29, 0.717) is 18.3 Å². The van der Waals surface area contributed by atoms with Crippen molar-refractivity contribution < 1.29 is 4.79 Å². The van der Waals surface area contributed by atoms with Gasteiger partial charge in [-0.05, 0) is 18.3 Å². The number of nitrogens with two attached hydrogens (primary N) is 1. The van der Waals surface area contributed by atoms with Crippen molar-refractivity contribution in [3.63, 3.8) is 0 Å². The maximum Gasteiger partial charge on any atom is 0.222 e. The molecule has 1 saturated heterocycles. The van der Waals surface area contributed by atoms with Crippen molar-refractivity contribution in [2.45, 2.75) is 39.7 Å². The predicted molar refractivity (Wildman–Crippen MR) is 57.8 cm³/mol. The molecule has 0 spiro atoms. The lowest BCUT2D eigenvalue weighted by atomic mass is 10.1. The van der Waals surface area contributed by atoms with Gasteiger partial charge in [-0.1, -0.05) is 20.8 Å². The van der Waals surface area contributed by atoms with Crippen molar-refractivity contribution in [1.82, 2.24) is 4.90 Å². The van der Waals surface area contributed by atoms with E-state index < -0.39 is 0 Å². The fraction of sp³-hybridized carbons (Fsp3) is 0.909. The number of rotatable bonds is 3. The van der Waals surface area contributed by atoms with E-state index in [-0.39, 0.29) is 11.9 Å². The Morgan fingerprint density at radius 3 is 2.57 bits per heavy atom. The van der Waals surface area contributed by atoms with E-state index in [1.807, 2.05) is 4.90 Å². The molecule has 3 heteroatoms. The van der Waals surface area contributed by atoms with Gasteiger partial charge in [0.2, 0.25) is 5.91 Å². The van der Waals surface area contributed by atoms with E-state index >= 15 is 0 Å². The van der Waals surface area contributed by atoms with Crippen LogP contribution in [0.2, 0.25) is 0 Å². The lowest BCUT2D eigenvalue weighted by Crippen LogP contribution is -2.32. The number of hydrogen-bond acceptors (Lipinski definition) is 2. The molecule has 0 aromatic carbocycles. The van der Waals surface area contributed by atoms with Gasteiger partial charge in [-0.25, -0.2) is 0 Å². The molecule has 1 heterocycles. The summed E-state index contributed by atoms with van der Waals surface area (Å²) in [6.07, 6.45) is 1.66. The quantitative estimate of drug-likeness (QED) is 0.741. The van der Waals surface area contributed by atoms with Gasteiger partial charge >= 0.3 is 0 Å². The molecule has 3 nitrogen and oxygen atoms in total. The standard InChI is InChI=1S/C11H22N2O/c1-8(2)4-5-11(14)13-6-9(3)10(12)7-13/h8-10H,4-7,12H2,1-3H3. The Balaban J connectivity index is 2.32.